The first-order valence-corrected chi connectivity index (χ1v) is 9.56. The van der Waals surface area contributed by atoms with E-state index in [4.69, 9.17) is 4.74 Å². The Bertz CT molecular complexity index is 666. The topological polar surface area (TPSA) is 96.5 Å². The molecule has 0 aromatic heterocycles. The minimum atomic E-state index is -0.863. The third kappa shape index (κ3) is 7.98. The average Bonchev–Trinajstić information content (AvgIpc) is 2.55. The van der Waals surface area contributed by atoms with Gasteiger partial charge in [-0.25, -0.2) is 4.79 Å². The van der Waals surface area contributed by atoms with Crippen molar-refractivity contribution in [2.75, 3.05) is 0 Å². The fraction of sp³-hybridized carbons (Fsp3) is 0.571. The Hall–Kier alpha value is -2.57. The van der Waals surface area contributed by atoms with E-state index in [-0.39, 0.29) is 17.9 Å². The second-order valence-electron chi connectivity index (χ2n) is 8.38. The Morgan fingerprint density at radius 2 is 1.43 bits per heavy atom. The lowest BCUT2D eigenvalue weighted by atomic mass is 10.0. The minimum absolute atomic E-state index is 0.0728. The molecule has 0 aliphatic carbocycles. The summed E-state index contributed by atoms with van der Waals surface area (Å²) in [7, 11) is 0. The van der Waals surface area contributed by atoms with Gasteiger partial charge in [-0.2, -0.15) is 0 Å². The number of carbonyl (C=O) groups is 3. The van der Waals surface area contributed by atoms with E-state index in [1.165, 1.54) is 0 Å². The Morgan fingerprint density at radius 1 is 0.857 bits per heavy atom. The molecule has 0 radical (unpaired) electrons. The van der Waals surface area contributed by atoms with Crippen molar-refractivity contribution in [3.63, 3.8) is 0 Å². The predicted octanol–water partition coefficient (Wildman–Crippen LogP) is 2.92. The first kappa shape index (κ1) is 23.5. The van der Waals surface area contributed by atoms with E-state index in [0.717, 1.165) is 0 Å². The lowest BCUT2D eigenvalue weighted by molar-refractivity contribution is -0.131. The van der Waals surface area contributed by atoms with Crippen LogP contribution in [0.1, 0.15) is 60.1 Å². The number of benzene rings is 1. The number of carbonyl (C=O) groups excluding carboxylic acids is 3. The molecule has 1 aromatic carbocycles. The molecular weight excluding hydrogens is 358 g/mol. The number of nitrogens with one attached hydrogen (secondary N) is 3. The van der Waals surface area contributed by atoms with Crippen LogP contribution in [0.2, 0.25) is 0 Å². The Balaban J connectivity index is 2.99. The fourth-order valence-electron chi connectivity index (χ4n) is 2.52. The van der Waals surface area contributed by atoms with Crippen LogP contribution < -0.4 is 16.0 Å². The number of ether oxygens (including phenoxy) is 1. The zero-order valence-corrected chi connectivity index (χ0v) is 17.8. The van der Waals surface area contributed by atoms with Crippen molar-refractivity contribution >= 4 is 17.9 Å². The fourth-order valence-corrected chi connectivity index (χ4v) is 2.52. The van der Waals surface area contributed by atoms with Gasteiger partial charge < -0.3 is 20.7 Å². The molecule has 2 atom stereocenters. The highest BCUT2D eigenvalue weighted by Crippen LogP contribution is 2.15. The Morgan fingerprint density at radius 3 is 1.89 bits per heavy atom. The van der Waals surface area contributed by atoms with Gasteiger partial charge in [0.25, 0.3) is 0 Å². The monoisotopic (exact) mass is 391 g/mol. The Labute approximate surface area is 167 Å². The van der Waals surface area contributed by atoms with Crippen LogP contribution in [0, 0.1) is 5.92 Å². The van der Waals surface area contributed by atoms with Crippen molar-refractivity contribution in [1.29, 1.82) is 0 Å². The lowest BCUT2D eigenvalue weighted by Crippen LogP contribution is -2.53. The molecule has 156 valence electrons. The molecule has 2 unspecified atom stereocenters. The van der Waals surface area contributed by atoms with Gasteiger partial charge >= 0.3 is 6.09 Å². The molecule has 0 heterocycles. The van der Waals surface area contributed by atoms with Gasteiger partial charge in [0, 0.05) is 6.04 Å². The summed E-state index contributed by atoms with van der Waals surface area (Å²) in [6, 6.07) is 7.21. The van der Waals surface area contributed by atoms with E-state index < -0.39 is 29.7 Å². The van der Waals surface area contributed by atoms with Crippen molar-refractivity contribution in [2.24, 2.45) is 5.92 Å². The molecule has 28 heavy (non-hydrogen) atoms. The van der Waals surface area contributed by atoms with E-state index in [1.54, 1.807) is 45.0 Å². The highest BCUT2D eigenvalue weighted by Gasteiger charge is 2.31. The number of alkyl carbamates (subject to hydrolysis) is 1. The molecule has 0 fully saturated rings. The van der Waals surface area contributed by atoms with Crippen LogP contribution in [0.5, 0.6) is 0 Å². The van der Waals surface area contributed by atoms with Crippen molar-refractivity contribution in [1.82, 2.24) is 16.0 Å². The standard InChI is InChI=1S/C21H33N3O4/c1-13(2)16(24-20(27)28-21(5,6)7)18(25)23-17(19(26)22-14(3)4)15-11-9-8-10-12-15/h8-14,16-17H,1-7H3,(H,22,26)(H,23,25)(H,24,27). The van der Waals surface area contributed by atoms with Crippen molar-refractivity contribution in [3.05, 3.63) is 35.9 Å². The SMILES string of the molecule is CC(C)NC(=O)C(NC(=O)C(NC(=O)OC(C)(C)C)C(C)C)c1ccccc1. The maximum absolute atomic E-state index is 12.9. The maximum Gasteiger partial charge on any atom is 0.408 e. The van der Waals surface area contributed by atoms with Crippen LogP contribution >= 0.6 is 0 Å². The lowest BCUT2D eigenvalue weighted by Gasteiger charge is -2.27. The largest absolute Gasteiger partial charge is 0.444 e. The van der Waals surface area contributed by atoms with E-state index in [0.29, 0.717) is 5.56 Å². The molecular formula is C21H33N3O4. The van der Waals surface area contributed by atoms with Gasteiger partial charge in [-0.15, -0.1) is 0 Å². The van der Waals surface area contributed by atoms with Crippen LogP contribution in [-0.2, 0) is 14.3 Å². The molecule has 0 saturated carbocycles. The summed E-state index contributed by atoms with van der Waals surface area (Å²) in [5.41, 5.74) is -0.0139. The zero-order valence-electron chi connectivity index (χ0n) is 17.8. The summed E-state index contributed by atoms with van der Waals surface area (Å²) < 4.78 is 5.25. The smallest absolute Gasteiger partial charge is 0.408 e. The quantitative estimate of drug-likeness (QED) is 0.666. The molecule has 0 bridgehead atoms. The van der Waals surface area contributed by atoms with Crippen molar-refractivity contribution < 1.29 is 19.1 Å². The van der Waals surface area contributed by atoms with Gasteiger partial charge in [0.2, 0.25) is 11.8 Å². The number of hydrogen-bond acceptors (Lipinski definition) is 4. The number of amides is 3. The number of hydrogen-bond donors (Lipinski definition) is 3. The van der Waals surface area contributed by atoms with Crippen LogP contribution in [-0.4, -0.2) is 35.6 Å². The van der Waals surface area contributed by atoms with E-state index in [9.17, 15) is 14.4 Å². The van der Waals surface area contributed by atoms with Gasteiger partial charge in [-0.1, -0.05) is 44.2 Å². The maximum atomic E-state index is 12.9. The third-order valence-corrected chi connectivity index (χ3v) is 3.73. The molecule has 7 nitrogen and oxygen atoms in total. The number of rotatable bonds is 7. The molecule has 0 aliphatic heterocycles. The van der Waals surface area contributed by atoms with Gasteiger partial charge in [-0.05, 0) is 46.1 Å². The second-order valence-corrected chi connectivity index (χ2v) is 8.38. The molecule has 3 amide bonds. The summed E-state index contributed by atoms with van der Waals surface area (Å²) in [6.07, 6.45) is -0.677. The summed E-state index contributed by atoms with van der Waals surface area (Å²) in [4.78, 5) is 37.7. The van der Waals surface area contributed by atoms with E-state index in [1.807, 2.05) is 33.8 Å². The summed E-state index contributed by atoms with van der Waals surface area (Å²) in [6.45, 7) is 12.6. The summed E-state index contributed by atoms with van der Waals surface area (Å²) in [5.74, 6) is -0.958. The summed E-state index contributed by atoms with van der Waals surface area (Å²) in [5, 5.41) is 8.19. The minimum Gasteiger partial charge on any atom is -0.444 e. The second kappa shape index (κ2) is 10.1. The molecule has 0 spiro atoms. The summed E-state index contributed by atoms with van der Waals surface area (Å²) >= 11 is 0. The van der Waals surface area contributed by atoms with Crippen LogP contribution in [0.3, 0.4) is 0 Å². The molecule has 7 heteroatoms. The molecule has 0 saturated heterocycles. The first-order chi connectivity index (χ1) is 12.9. The predicted molar refractivity (Wildman–Crippen MR) is 109 cm³/mol. The van der Waals surface area contributed by atoms with Crippen molar-refractivity contribution in [2.45, 2.75) is 72.2 Å². The van der Waals surface area contributed by atoms with Gasteiger partial charge in [0.1, 0.15) is 17.7 Å². The highest BCUT2D eigenvalue weighted by molar-refractivity contribution is 5.92. The molecule has 0 aliphatic rings. The van der Waals surface area contributed by atoms with Crippen molar-refractivity contribution in [3.8, 4) is 0 Å². The zero-order chi connectivity index (χ0) is 21.5. The van der Waals surface area contributed by atoms with E-state index >= 15 is 0 Å². The Kier molecular flexibility index (Phi) is 8.47. The van der Waals surface area contributed by atoms with Crippen LogP contribution in [0.15, 0.2) is 30.3 Å². The van der Waals surface area contributed by atoms with Crippen LogP contribution in [0.4, 0.5) is 4.79 Å². The molecule has 3 N–H and O–H groups in total. The van der Waals surface area contributed by atoms with Gasteiger partial charge in [-0.3, -0.25) is 9.59 Å². The molecule has 1 rings (SSSR count). The third-order valence-electron chi connectivity index (χ3n) is 3.73. The normalized spacial score (nSPS) is 13.6. The van der Waals surface area contributed by atoms with E-state index in [2.05, 4.69) is 16.0 Å². The van der Waals surface area contributed by atoms with Gasteiger partial charge in [0.05, 0.1) is 0 Å². The van der Waals surface area contributed by atoms with Crippen LogP contribution in [0.25, 0.3) is 0 Å². The highest BCUT2D eigenvalue weighted by atomic mass is 16.6. The van der Waals surface area contributed by atoms with Gasteiger partial charge in [0.15, 0.2) is 0 Å². The first-order valence-electron chi connectivity index (χ1n) is 9.56. The molecule has 1 aromatic rings. The average molecular weight is 392 g/mol.